The zero-order valence-corrected chi connectivity index (χ0v) is 14.6. The van der Waals surface area contributed by atoms with Crippen LogP contribution < -0.4 is 11.1 Å². The summed E-state index contributed by atoms with van der Waals surface area (Å²) in [5, 5.41) is 4.16. The maximum Gasteiger partial charge on any atom is 0.254 e. The summed E-state index contributed by atoms with van der Waals surface area (Å²) in [6.07, 6.45) is 1.62. The molecule has 9 heteroatoms. The lowest BCUT2D eigenvalue weighted by atomic mass is 10.1. The Morgan fingerprint density at radius 2 is 1.96 bits per heavy atom. The lowest BCUT2D eigenvalue weighted by molar-refractivity contribution is 0.0303. The zero-order chi connectivity index (χ0) is 18.1. The number of nitrogens with two attached hydrogens (primary N) is 1. The predicted octanol–water partition coefficient (Wildman–Crippen LogP) is 2.41. The number of fused-ring (bicyclic) bond motifs is 1. The fourth-order valence-electron chi connectivity index (χ4n) is 2.85. The number of H-pyrrole nitrogens is 1. The number of benzene rings is 1. The number of morpholine rings is 1. The number of nitrogens with zero attached hydrogens (tertiary/aromatic N) is 3. The number of anilines is 3. The van der Waals surface area contributed by atoms with Gasteiger partial charge in [-0.25, -0.2) is 0 Å². The molecule has 0 aliphatic carbocycles. The summed E-state index contributed by atoms with van der Waals surface area (Å²) in [5.74, 6) is 0.645. The van der Waals surface area contributed by atoms with Crippen LogP contribution in [0.15, 0.2) is 30.5 Å². The average molecular weight is 373 g/mol. The Labute approximate surface area is 154 Å². The van der Waals surface area contributed by atoms with Crippen molar-refractivity contribution in [2.45, 2.75) is 0 Å². The van der Waals surface area contributed by atoms with Gasteiger partial charge in [-0.2, -0.15) is 9.97 Å². The Bertz CT molecular complexity index is 950. The van der Waals surface area contributed by atoms with Crippen molar-refractivity contribution in [2.75, 3.05) is 37.4 Å². The lowest BCUT2D eigenvalue weighted by Gasteiger charge is -2.26. The molecule has 0 radical (unpaired) electrons. The molecule has 1 amide bonds. The van der Waals surface area contributed by atoms with E-state index < -0.39 is 0 Å². The number of nitrogen functional groups attached to an aromatic ring is 1. The van der Waals surface area contributed by atoms with E-state index in [0.717, 1.165) is 5.69 Å². The van der Waals surface area contributed by atoms with E-state index in [4.69, 9.17) is 22.1 Å². The quantitative estimate of drug-likeness (QED) is 0.651. The standard InChI is InChI=1S/C17H17ClN6O2/c18-12-9-20-15-13(12)14(19)22-17(23-15)21-11-3-1-10(2-4-11)16(25)24-5-7-26-8-6-24/h1-4,9H,5-8H2,(H4,19,20,21,22,23). The van der Waals surface area contributed by atoms with Crippen molar-refractivity contribution >= 4 is 46.0 Å². The van der Waals surface area contributed by atoms with Gasteiger partial charge in [-0.1, -0.05) is 11.6 Å². The molecule has 1 fully saturated rings. The normalized spacial score (nSPS) is 14.6. The number of aromatic amines is 1. The van der Waals surface area contributed by atoms with Crippen LogP contribution in [0.1, 0.15) is 10.4 Å². The van der Waals surface area contributed by atoms with Gasteiger partial charge < -0.3 is 25.7 Å². The average Bonchev–Trinajstić information content (AvgIpc) is 3.04. The van der Waals surface area contributed by atoms with E-state index in [-0.39, 0.29) is 5.91 Å². The minimum Gasteiger partial charge on any atom is -0.383 e. The smallest absolute Gasteiger partial charge is 0.254 e. The lowest BCUT2D eigenvalue weighted by Crippen LogP contribution is -2.40. The molecule has 1 aliphatic rings. The van der Waals surface area contributed by atoms with Crippen LogP contribution in [0, 0.1) is 0 Å². The minimum atomic E-state index is 0.00258. The Morgan fingerprint density at radius 1 is 1.23 bits per heavy atom. The van der Waals surface area contributed by atoms with Crippen molar-refractivity contribution in [3.63, 3.8) is 0 Å². The number of nitrogens with one attached hydrogen (secondary N) is 2. The zero-order valence-electron chi connectivity index (χ0n) is 13.8. The van der Waals surface area contributed by atoms with E-state index in [9.17, 15) is 4.79 Å². The second-order valence-electron chi connectivity index (χ2n) is 5.90. The van der Waals surface area contributed by atoms with Crippen molar-refractivity contribution < 1.29 is 9.53 Å². The van der Waals surface area contributed by atoms with E-state index >= 15 is 0 Å². The number of aromatic nitrogens is 3. The first-order valence-corrected chi connectivity index (χ1v) is 8.54. The van der Waals surface area contributed by atoms with E-state index in [1.807, 2.05) is 0 Å². The summed E-state index contributed by atoms with van der Waals surface area (Å²) in [5.41, 5.74) is 7.88. The molecule has 8 nitrogen and oxygen atoms in total. The third-order valence-electron chi connectivity index (χ3n) is 4.20. The fraction of sp³-hybridized carbons (Fsp3) is 0.235. The first-order chi connectivity index (χ1) is 12.6. The van der Waals surface area contributed by atoms with Gasteiger partial charge in [0.2, 0.25) is 5.95 Å². The number of halogens is 1. The Hall–Kier alpha value is -2.84. The number of rotatable bonds is 3. The molecule has 0 bridgehead atoms. The molecule has 134 valence electrons. The van der Waals surface area contributed by atoms with Crippen LogP contribution in [0.25, 0.3) is 11.0 Å². The number of ether oxygens (including phenoxy) is 1. The Morgan fingerprint density at radius 3 is 2.69 bits per heavy atom. The highest BCUT2D eigenvalue weighted by molar-refractivity contribution is 6.36. The molecule has 26 heavy (non-hydrogen) atoms. The fourth-order valence-corrected chi connectivity index (χ4v) is 3.09. The van der Waals surface area contributed by atoms with E-state index in [1.165, 1.54) is 0 Å². The Kier molecular flexibility index (Phi) is 4.36. The molecular weight excluding hydrogens is 356 g/mol. The van der Waals surface area contributed by atoms with Crippen LogP contribution in [-0.2, 0) is 4.74 Å². The van der Waals surface area contributed by atoms with Crippen LogP contribution in [0.5, 0.6) is 0 Å². The third-order valence-corrected chi connectivity index (χ3v) is 4.50. The van der Waals surface area contributed by atoms with Crippen LogP contribution in [0.4, 0.5) is 17.5 Å². The van der Waals surface area contributed by atoms with Gasteiger partial charge >= 0.3 is 0 Å². The largest absolute Gasteiger partial charge is 0.383 e. The topological polar surface area (TPSA) is 109 Å². The molecule has 0 atom stereocenters. The number of hydrogen-bond donors (Lipinski definition) is 3. The highest BCUT2D eigenvalue weighted by atomic mass is 35.5. The number of carbonyl (C=O) groups is 1. The molecule has 0 spiro atoms. The van der Waals surface area contributed by atoms with Crippen molar-refractivity contribution in [3.8, 4) is 0 Å². The SMILES string of the molecule is Nc1nc(Nc2ccc(C(=O)N3CCOCC3)cc2)nc2[nH]cc(Cl)c12. The van der Waals surface area contributed by atoms with Crippen molar-refractivity contribution in [3.05, 3.63) is 41.0 Å². The van der Waals surface area contributed by atoms with Crippen molar-refractivity contribution in [2.24, 2.45) is 0 Å². The van der Waals surface area contributed by atoms with E-state index in [1.54, 1.807) is 35.4 Å². The third kappa shape index (κ3) is 3.16. The number of hydrogen-bond acceptors (Lipinski definition) is 6. The molecule has 1 aliphatic heterocycles. The maximum atomic E-state index is 12.5. The predicted molar refractivity (Wildman–Crippen MR) is 99.8 cm³/mol. The molecule has 3 aromatic rings. The van der Waals surface area contributed by atoms with E-state index in [2.05, 4.69) is 20.3 Å². The van der Waals surface area contributed by atoms with Gasteiger partial charge in [-0.3, -0.25) is 4.79 Å². The Balaban J connectivity index is 1.51. The molecule has 1 aromatic carbocycles. The molecule has 0 saturated carbocycles. The van der Waals surface area contributed by atoms with Crippen LogP contribution in [-0.4, -0.2) is 52.1 Å². The minimum absolute atomic E-state index is 0.00258. The summed E-state index contributed by atoms with van der Waals surface area (Å²) in [6, 6.07) is 7.15. The molecular formula is C17H17ClN6O2. The molecule has 4 rings (SSSR count). The van der Waals surface area contributed by atoms with Crippen LogP contribution in [0.2, 0.25) is 5.02 Å². The van der Waals surface area contributed by atoms with Gasteiger partial charge in [-0.05, 0) is 24.3 Å². The van der Waals surface area contributed by atoms with Crippen LogP contribution >= 0.6 is 11.6 Å². The first-order valence-electron chi connectivity index (χ1n) is 8.16. The molecule has 4 N–H and O–H groups in total. The van der Waals surface area contributed by atoms with Gasteiger partial charge in [0.1, 0.15) is 11.5 Å². The number of carbonyl (C=O) groups excluding carboxylic acids is 1. The van der Waals surface area contributed by atoms with Gasteiger partial charge in [0.05, 0.1) is 23.6 Å². The van der Waals surface area contributed by atoms with Gasteiger partial charge in [-0.15, -0.1) is 0 Å². The molecule has 1 saturated heterocycles. The molecule has 3 heterocycles. The molecule has 0 unspecified atom stereocenters. The van der Waals surface area contributed by atoms with Gasteiger partial charge in [0, 0.05) is 30.5 Å². The highest BCUT2D eigenvalue weighted by Crippen LogP contribution is 2.27. The monoisotopic (exact) mass is 372 g/mol. The van der Waals surface area contributed by atoms with Crippen molar-refractivity contribution in [1.82, 2.24) is 19.9 Å². The van der Waals surface area contributed by atoms with Gasteiger partial charge in [0.15, 0.2) is 0 Å². The summed E-state index contributed by atoms with van der Waals surface area (Å²) in [6.45, 7) is 2.39. The summed E-state index contributed by atoms with van der Waals surface area (Å²) < 4.78 is 5.27. The summed E-state index contributed by atoms with van der Waals surface area (Å²) in [7, 11) is 0. The second kappa shape index (κ2) is 6.81. The summed E-state index contributed by atoms with van der Waals surface area (Å²) in [4.78, 5) is 25.8. The van der Waals surface area contributed by atoms with E-state index in [0.29, 0.717) is 59.7 Å². The first kappa shape index (κ1) is 16.6. The second-order valence-corrected chi connectivity index (χ2v) is 6.31. The molecule has 2 aromatic heterocycles. The maximum absolute atomic E-state index is 12.5. The number of amides is 1. The van der Waals surface area contributed by atoms with Gasteiger partial charge in [0.25, 0.3) is 5.91 Å². The van der Waals surface area contributed by atoms with Crippen LogP contribution in [0.3, 0.4) is 0 Å². The van der Waals surface area contributed by atoms with Crippen molar-refractivity contribution in [1.29, 1.82) is 0 Å². The highest BCUT2D eigenvalue weighted by Gasteiger charge is 2.18. The summed E-state index contributed by atoms with van der Waals surface area (Å²) >= 11 is 6.05.